The fourth-order valence-corrected chi connectivity index (χ4v) is 2.80. The van der Waals surface area contributed by atoms with Crippen LogP contribution in [-0.4, -0.2) is 29.4 Å². The molecule has 0 aromatic carbocycles. The quantitative estimate of drug-likeness (QED) is 0.801. The summed E-state index contributed by atoms with van der Waals surface area (Å²) >= 11 is 0. The smallest absolute Gasteiger partial charge is 0.144 e. The van der Waals surface area contributed by atoms with Crippen molar-refractivity contribution in [3.63, 3.8) is 0 Å². The molecule has 0 unspecified atom stereocenters. The first-order valence-electron chi connectivity index (χ1n) is 7.45. The highest BCUT2D eigenvalue weighted by Gasteiger charge is 2.14. The van der Waals surface area contributed by atoms with Crippen LogP contribution in [0.3, 0.4) is 0 Å². The molecule has 0 radical (unpaired) electrons. The monoisotopic (exact) mass is 299 g/mol. The number of hydrogen-bond donors (Lipinski definition) is 1. The Bertz CT molecular complexity index is 815. The second-order valence-corrected chi connectivity index (χ2v) is 5.92. The fraction of sp³-hybridized carbons (Fsp3) is 0.438. The van der Waals surface area contributed by atoms with Crippen LogP contribution in [0, 0.1) is 6.92 Å². The van der Waals surface area contributed by atoms with Gasteiger partial charge in [-0.05, 0) is 18.9 Å². The number of aliphatic hydroxyl groups is 1. The normalized spacial score (nSPS) is 11.7. The van der Waals surface area contributed by atoms with E-state index in [1.165, 1.54) is 0 Å². The van der Waals surface area contributed by atoms with Gasteiger partial charge in [0.1, 0.15) is 11.5 Å². The zero-order chi connectivity index (χ0) is 15.9. The summed E-state index contributed by atoms with van der Waals surface area (Å²) in [5.74, 6) is 1.14. The van der Waals surface area contributed by atoms with E-state index in [9.17, 15) is 5.11 Å². The molecule has 6 nitrogen and oxygen atoms in total. The molecule has 3 aromatic heterocycles. The van der Waals surface area contributed by atoms with Gasteiger partial charge in [-0.2, -0.15) is 5.10 Å². The van der Waals surface area contributed by atoms with E-state index in [4.69, 9.17) is 0 Å². The third kappa shape index (κ3) is 2.50. The van der Waals surface area contributed by atoms with E-state index >= 15 is 0 Å². The Hall–Kier alpha value is -2.21. The number of aryl methyl sites for hydroxylation is 2. The van der Waals surface area contributed by atoms with Crippen LogP contribution >= 0.6 is 0 Å². The summed E-state index contributed by atoms with van der Waals surface area (Å²) in [6, 6.07) is 2.07. The number of hydrogen-bond acceptors (Lipinski definition) is 4. The minimum atomic E-state index is -0.0549. The molecule has 0 aliphatic rings. The molecule has 22 heavy (non-hydrogen) atoms. The van der Waals surface area contributed by atoms with Crippen LogP contribution < -0.4 is 0 Å². The van der Waals surface area contributed by atoms with Crippen molar-refractivity contribution in [1.82, 2.24) is 24.3 Å². The standard InChI is InChI=1S/C16H21N5O/c1-10(2)15-13-5-6-21(16(13)18-11(3)17-15)8-12-7-20(4)19-14(12)9-22/h5-7,10,22H,8-9H2,1-4H3. The van der Waals surface area contributed by atoms with Gasteiger partial charge in [-0.25, -0.2) is 9.97 Å². The van der Waals surface area contributed by atoms with Gasteiger partial charge < -0.3 is 9.67 Å². The molecular formula is C16H21N5O. The van der Waals surface area contributed by atoms with Crippen LogP contribution in [0.4, 0.5) is 0 Å². The van der Waals surface area contributed by atoms with Gasteiger partial charge in [0.15, 0.2) is 0 Å². The Morgan fingerprint density at radius 3 is 2.73 bits per heavy atom. The molecule has 0 amide bonds. The SMILES string of the molecule is Cc1nc(C(C)C)c2ccn(Cc3cn(C)nc3CO)c2n1. The van der Waals surface area contributed by atoms with Gasteiger partial charge in [0, 0.05) is 30.4 Å². The van der Waals surface area contributed by atoms with Crippen molar-refractivity contribution in [2.24, 2.45) is 7.05 Å². The maximum atomic E-state index is 9.42. The van der Waals surface area contributed by atoms with Crippen molar-refractivity contribution in [3.05, 3.63) is 41.2 Å². The number of fused-ring (bicyclic) bond motifs is 1. The van der Waals surface area contributed by atoms with Crippen LogP contribution in [0.2, 0.25) is 0 Å². The third-order valence-corrected chi connectivity index (χ3v) is 3.79. The molecule has 3 rings (SSSR count). The first-order chi connectivity index (χ1) is 10.5. The average Bonchev–Trinajstić information content (AvgIpc) is 3.02. The molecule has 3 heterocycles. The second kappa shape index (κ2) is 5.53. The highest BCUT2D eigenvalue weighted by atomic mass is 16.3. The van der Waals surface area contributed by atoms with E-state index < -0.39 is 0 Å². The summed E-state index contributed by atoms with van der Waals surface area (Å²) in [5.41, 5.74) is 3.72. The summed E-state index contributed by atoms with van der Waals surface area (Å²) in [6.45, 7) is 6.79. The van der Waals surface area contributed by atoms with Crippen molar-refractivity contribution in [1.29, 1.82) is 0 Å². The molecule has 0 aliphatic carbocycles. The van der Waals surface area contributed by atoms with E-state index in [2.05, 4.69) is 39.5 Å². The van der Waals surface area contributed by atoms with E-state index in [0.29, 0.717) is 18.2 Å². The Labute approximate surface area is 129 Å². The largest absolute Gasteiger partial charge is 0.390 e. The first kappa shape index (κ1) is 14.7. The van der Waals surface area contributed by atoms with Gasteiger partial charge in [-0.1, -0.05) is 13.8 Å². The van der Waals surface area contributed by atoms with Crippen LogP contribution in [0.5, 0.6) is 0 Å². The lowest BCUT2D eigenvalue weighted by atomic mass is 10.1. The van der Waals surface area contributed by atoms with E-state index in [1.807, 2.05) is 26.4 Å². The number of rotatable bonds is 4. The molecule has 0 fully saturated rings. The van der Waals surface area contributed by atoms with Crippen molar-refractivity contribution >= 4 is 11.0 Å². The van der Waals surface area contributed by atoms with Gasteiger partial charge in [-0.3, -0.25) is 4.68 Å². The molecule has 0 saturated heterocycles. The lowest BCUT2D eigenvalue weighted by molar-refractivity contribution is 0.274. The molecule has 0 saturated carbocycles. The van der Waals surface area contributed by atoms with Crippen molar-refractivity contribution < 1.29 is 5.11 Å². The topological polar surface area (TPSA) is 68.8 Å². The van der Waals surface area contributed by atoms with Gasteiger partial charge in [-0.15, -0.1) is 0 Å². The summed E-state index contributed by atoms with van der Waals surface area (Å²) in [4.78, 5) is 9.18. The minimum Gasteiger partial charge on any atom is -0.390 e. The maximum Gasteiger partial charge on any atom is 0.144 e. The zero-order valence-electron chi connectivity index (χ0n) is 13.4. The molecule has 0 atom stereocenters. The predicted octanol–water partition coefficient (Wildman–Crippen LogP) is 2.14. The van der Waals surface area contributed by atoms with Crippen molar-refractivity contribution in [2.45, 2.75) is 39.8 Å². The Morgan fingerprint density at radius 2 is 2.05 bits per heavy atom. The fourth-order valence-electron chi connectivity index (χ4n) is 2.80. The van der Waals surface area contributed by atoms with E-state index in [-0.39, 0.29) is 6.61 Å². The Morgan fingerprint density at radius 1 is 1.27 bits per heavy atom. The van der Waals surface area contributed by atoms with Crippen LogP contribution in [0.1, 0.15) is 42.5 Å². The minimum absolute atomic E-state index is 0.0549. The molecule has 1 N–H and O–H groups in total. The first-order valence-corrected chi connectivity index (χ1v) is 7.45. The molecule has 0 spiro atoms. The van der Waals surface area contributed by atoms with Gasteiger partial charge in [0.25, 0.3) is 0 Å². The highest BCUT2D eigenvalue weighted by molar-refractivity contribution is 5.79. The lowest BCUT2D eigenvalue weighted by Crippen LogP contribution is -2.04. The molecule has 0 aliphatic heterocycles. The van der Waals surface area contributed by atoms with E-state index in [1.54, 1.807) is 4.68 Å². The van der Waals surface area contributed by atoms with Crippen LogP contribution in [0.15, 0.2) is 18.5 Å². The summed E-state index contributed by atoms with van der Waals surface area (Å²) < 4.78 is 3.82. The maximum absolute atomic E-state index is 9.42. The molecule has 116 valence electrons. The number of aromatic nitrogens is 5. The lowest BCUT2D eigenvalue weighted by Gasteiger charge is -2.09. The average molecular weight is 299 g/mol. The van der Waals surface area contributed by atoms with Crippen LogP contribution in [-0.2, 0) is 20.2 Å². The number of nitrogens with zero attached hydrogens (tertiary/aromatic N) is 5. The van der Waals surface area contributed by atoms with Crippen molar-refractivity contribution in [3.8, 4) is 0 Å². The molecule has 3 aromatic rings. The van der Waals surface area contributed by atoms with Gasteiger partial charge >= 0.3 is 0 Å². The number of aliphatic hydroxyl groups excluding tert-OH is 1. The van der Waals surface area contributed by atoms with E-state index in [0.717, 1.165) is 28.1 Å². The Kier molecular flexibility index (Phi) is 3.70. The molecule has 0 bridgehead atoms. The molecular weight excluding hydrogens is 278 g/mol. The van der Waals surface area contributed by atoms with Crippen LogP contribution in [0.25, 0.3) is 11.0 Å². The highest BCUT2D eigenvalue weighted by Crippen LogP contribution is 2.24. The predicted molar refractivity (Wildman–Crippen MR) is 84.6 cm³/mol. The third-order valence-electron chi connectivity index (χ3n) is 3.79. The second-order valence-electron chi connectivity index (χ2n) is 5.92. The van der Waals surface area contributed by atoms with Gasteiger partial charge in [0.2, 0.25) is 0 Å². The zero-order valence-corrected chi connectivity index (χ0v) is 13.4. The van der Waals surface area contributed by atoms with Gasteiger partial charge in [0.05, 0.1) is 24.5 Å². The Balaban J connectivity index is 2.08. The molecule has 6 heteroatoms. The van der Waals surface area contributed by atoms with Crippen molar-refractivity contribution in [2.75, 3.05) is 0 Å². The summed E-state index contributed by atoms with van der Waals surface area (Å²) in [7, 11) is 1.86. The summed E-state index contributed by atoms with van der Waals surface area (Å²) in [5, 5.41) is 14.8. The summed E-state index contributed by atoms with van der Waals surface area (Å²) in [6.07, 6.45) is 3.97.